The van der Waals surface area contributed by atoms with Crippen LogP contribution in [0.15, 0.2) is 48.7 Å². The van der Waals surface area contributed by atoms with Crippen LogP contribution < -0.4 is 5.32 Å². The molecule has 1 aliphatic rings. The number of carbonyl (C=O) groups excluding carboxylic acids is 3. The predicted molar refractivity (Wildman–Crippen MR) is 97.6 cm³/mol. The number of nitrogens with one attached hydrogen (secondary N) is 1. The highest BCUT2D eigenvalue weighted by Gasteiger charge is 2.33. The van der Waals surface area contributed by atoms with Crippen LogP contribution in [0.1, 0.15) is 42.3 Å². The molecule has 2 aromatic carbocycles. The van der Waals surface area contributed by atoms with Gasteiger partial charge in [-0.15, -0.1) is 0 Å². The second kappa shape index (κ2) is 6.23. The van der Waals surface area contributed by atoms with E-state index in [4.69, 9.17) is 0 Å². The Morgan fingerprint density at radius 3 is 2.36 bits per heavy atom. The van der Waals surface area contributed by atoms with Crippen molar-refractivity contribution in [1.29, 1.82) is 0 Å². The van der Waals surface area contributed by atoms with Gasteiger partial charge in [0.2, 0.25) is 5.69 Å². The zero-order valence-corrected chi connectivity index (χ0v) is 14.5. The van der Waals surface area contributed by atoms with Crippen molar-refractivity contribution < 1.29 is 19.3 Å². The second-order valence-electron chi connectivity index (χ2n) is 6.18. The summed E-state index contributed by atoms with van der Waals surface area (Å²) in [6, 6.07) is 10.9. The molecule has 0 unspecified atom stereocenters. The molecule has 1 amide bonds. The maximum Gasteiger partial charge on any atom is 0.320 e. The first kappa shape index (κ1) is 17.3. The lowest BCUT2D eigenvalue weighted by molar-refractivity contribution is -0.385. The molecule has 0 spiro atoms. The fraction of sp³-hybridized carbons (Fsp3) is 0.0526. The normalized spacial score (nSPS) is 12.3. The molecule has 0 fully saturated rings. The number of aromatic nitrogens is 2. The SMILES string of the molecule is Cn1cc([N+](=O)[O-])c(C(=O)Nc2cccc3c2C(=O)c2ccccc2C3=O)n1. The number of nitrogens with zero attached hydrogens (tertiary/aromatic N) is 3. The molecule has 3 aromatic rings. The van der Waals surface area contributed by atoms with Crippen LogP contribution in [0.3, 0.4) is 0 Å². The Bertz CT molecular complexity index is 1190. The van der Waals surface area contributed by atoms with E-state index in [1.807, 2.05) is 0 Å². The van der Waals surface area contributed by atoms with E-state index in [0.29, 0.717) is 5.56 Å². The Kier molecular flexibility index (Phi) is 3.85. The molecule has 9 nitrogen and oxygen atoms in total. The topological polar surface area (TPSA) is 124 Å². The Morgan fingerprint density at radius 1 is 1.04 bits per heavy atom. The summed E-state index contributed by atoms with van der Waals surface area (Å²) in [6.07, 6.45) is 1.11. The summed E-state index contributed by atoms with van der Waals surface area (Å²) in [5.74, 6) is -1.58. The van der Waals surface area contributed by atoms with Crippen molar-refractivity contribution in [1.82, 2.24) is 9.78 Å². The number of fused-ring (bicyclic) bond motifs is 2. The van der Waals surface area contributed by atoms with Crippen molar-refractivity contribution in [3.8, 4) is 0 Å². The minimum Gasteiger partial charge on any atom is -0.320 e. The van der Waals surface area contributed by atoms with Gasteiger partial charge in [0.15, 0.2) is 11.6 Å². The van der Waals surface area contributed by atoms with Gasteiger partial charge in [0.05, 0.1) is 16.2 Å². The number of benzene rings is 2. The van der Waals surface area contributed by atoms with E-state index < -0.39 is 22.3 Å². The minimum atomic E-state index is -0.847. The van der Waals surface area contributed by atoms with E-state index in [2.05, 4.69) is 10.4 Å². The molecule has 0 saturated carbocycles. The number of aryl methyl sites for hydroxylation is 1. The monoisotopic (exact) mass is 376 g/mol. The lowest BCUT2D eigenvalue weighted by Crippen LogP contribution is -2.24. The van der Waals surface area contributed by atoms with Crippen LogP contribution in [0.2, 0.25) is 0 Å². The number of nitro groups is 1. The van der Waals surface area contributed by atoms with Gasteiger partial charge in [-0.05, 0) is 6.07 Å². The van der Waals surface area contributed by atoms with Gasteiger partial charge in [0.1, 0.15) is 6.20 Å². The summed E-state index contributed by atoms with van der Waals surface area (Å²) in [5, 5.41) is 17.4. The van der Waals surface area contributed by atoms with Crippen LogP contribution in [-0.4, -0.2) is 32.2 Å². The number of hydrogen-bond donors (Lipinski definition) is 1. The molecular weight excluding hydrogens is 364 g/mol. The molecule has 0 aliphatic heterocycles. The van der Waals surface area contributed by atoms with Gasteiger partial charge in [-0.1, -0.05) is 36.4 Å². The standard InChI is InChI=1S/C19H12N4O5/c1-22-9-14(23(27)28)16(21-22)19(26)20-13-8-4-7-12-15(13)18(25)11-6-3-2-5-10(11)17(12)24/h2-9H,1H3,(H,20,26). The molecule has 1 heterocycles. The van der Waals surface area contributed by atoms with Gasteiger partial charge < -0.3 is 5.32 Å². The summed E-state index contributed by atoms with van der Waals surface area (Å²) in [7, 11) is 1.45. The van der Waals surface area contributed by atoms with Crippen LogP contribution in [0, 0.1) is 10.1 Å². The first-order valence-electron chi connectivity index (χ1n) is 8.19. The van der Waals surface area contributed by atoms with E-state index in [1.54, 1.807) is 24.3 Å². The van der Waals surface area contributed by atoms with E-state index in [0.717, 1.165) is 10.9 Å². The van der Waals surface area contributed by atoms with Crippen LogP contribution >= 0.6 is 0 Å². The van der Waals surface area contributed by atoms with Crippen molar-refractivity contribution in [3.05, 3.63) is 86.7 Å². The first-order chi connectivity index (χ1) is 13.4. The van der Waals surface area contributed by atoms with Crippen molar-refractivity contribution in [2.75, 3.05) is 5.32 Å². The fourth-order valence-corrected chi connectivity index (χ4v) is 3.20. The number of ketones is 2. The Hall–Kier alpha value is -4.14. The quantitative estimate of drug-likeness (QED) is 0.432. The highest BCUT2D eigenvalue weighted by atomic mass is 16.6. The molecule has 0 saturated heterocycles. The molecule has 0 bridgehead atoms. The summed E-state index contributed by atoms with van der Waals surface area (Å²) >= 11 is 0. The molecule has 4 rings (SSSR count). The average Bonchev–Trinajstić information content (AvgIpc) is 3.08. The van der Waals surface area contributed by atoms with Crippen molar-refractivity contribution in [2.45, 2.75) is 0 Å². The Morgan fingerprint density at radius 2 is 1.68 bits per heavy atom. The zero-order valence-electron chi connectivity index (χ0n) is 14.5. The third kappa shape index (κ3) is 2.57. The van der Waals surface area contributed by atoms with E-state index in [1.165, 1.54) is 25.2 Å². The summed E-state index contributed by atoms with van der Waals surface area (Å²) in [4.78, 5) is 48.7. The van der Waals surface area contributed by atoms with Gasteiger partial charge in [0, 0.05) is 23.7 Å². The molecule has 28 heavy (non-hydrogen) atoms. The fourth-order valence-electron chi connectivity index (χ4n) is 3.20. The van der Waals surface area contributed by atoms with Gasteiger partial charge >= 0.3 is 5.69 Å². The van der Waals surface area contributed by atoms with Crippen molar-refractivity contribution in [3.63, 3.8) is 0 Å². The molecule has 0 radical (unpaired) electrons. The van der Waals surface area contributed by atoms with Gasteiger partial charge in [-0.3, -0.25) is 29.2 Å². The van der Waals surface area contributed by atoms with Crippen molar-refractivity contribution >= 4 is 28.8 Å². The van der Waals surface area contributed by atoms with Crippen LogP contribution in [0.25, 0.3) is 0 Å². The van der Waals surface area contributed by atoms with Gasteiger partial charge in [-0.25, -0.2) is 0 Å². The van der Waals surface area contributed by atoms with E-state index in [9.17, 15) is 24.5 Å². The largest absolute Gasteiger partial charge is 0.320 e. The molecule has 1 aliphatic carbocycles. The lowest BCUT2D eigenvalue weighted by Gasteiger charge is -2.20. The number of carbonyl (C=O) groups is 3. The van der Waals surface area contributed by atoms with E-state index in [-0.39, 0.29) is 33.9 Å². The van der Waals surface area contributed by atoms with Crippen LogP contribution in [0.5, 0.6) is 0 Å². The maximum absolute atomic E-state index is 12.9. The molecule has 138 valence electrons. The van der Waals surface area contributed by atoms with Crippen LogP contribution in [-0.2, 0) is 7.05 Å². The van der Waals surface area contributed by atoms with E-state index >= 15 is 0 Å². The lowest BCUT2D eigenvalue weighted by atomic mass is 9.83. The molecule has 1 N–H and O–H groups in total. The number of amides is 1. The minimum absolute atomic E-state index is 0.0538. The Labute approximate surface area is 157 Å². The number of rotatable bonds is 3. The maximum atomic E-state index is 12.9. The third-order valence-corrected chi connectivity index (χ3v) is 4.42. The van der Waals surface area contributed by atoms with Gasteiger partial charge in [-0.2, -0.15) is 5.10 Å². The van der Waals surface area contributed by atoms with Crippen LogP contribution in [0.4, 0.5) is 11.4 Å². The highest BCUT2D eigenvalue weighted by molar-refractivity contribution is 6.30. The first-order valence-corrected chi connectivity index (χ1v) is 8.19. The highest BCUT2D eigenvalue weighted by Crippen LogP contribution is 2.32. The smallest absolute Gasteiger partial charge is 0.320 e. The third-order valence-electron chi connectivity index (χ3n) is 4.42. The molecule has 0 atom stereocenters. The number of anilines is 1. The molecule has 1 aromatic heterocycles. The number of hydrogen-bond acceptors (Lipinski definition) is 6. The predicted octanol–water partition coefficient (Wildman–Crippen LogP) is 2.36. The molecular formula is C19H12N4O5. The zero-order chi connectivity index (χ0) is 20.0. The van der Waals surface area contributed by atoms with Crippen molar-refractivity contribution in [2.24, 2.45) is 7.05 Å². The second-order valence-corrected chi connectivity index (χ2v) is 6.18. The summed E-state index contributed by atoms with van der Waals surface area (Å²) in [6.45, 7) is 0. The summed E-state index contributed by atoms with van der Waals surface area (Å²) in [5.41, 5.74) is -0.00236. The molecule has 9 heteroatoms. The summed E-state index contributed by atoms with van der Waals surface area (Å²) < 4.78 is 1.15. The van der Waals surface area contributed by atoms with Gasteiger partial charge in [0.25, 0.3) is 5.91 Å². The average molecular weight is 376 g/mol. The Balaban J connectivity index is 1.78.